The molecule has 0 radical (unpaired) electrons. The van der Waals surface area contributed by atoms with Gasteiger partial charge >= 0.3 is 0 Å². The molecule has 88 valence electrons. The second-order valence-electron chi connectivity index (χ2n) is 4.19. The predicted octanol–water partition coefficient (Wildman–Crippen LogP) is 3.45. The van der Waals surface area contributed by atoms with Gasteiger partial charge in [-0.3, -0.25) is 0 Å². The lowest BCUT2D eigenvalue weighted by Crippen LogP contribution is -1.95. The van der Waals surface area contributed by atoms with E-state index in [9.17, 15) is 0 Å². The van der Waals surface area contributed by atoms with Crippen molar-refractivity contribution in [3.8, 4) is 0 Å². The predicted molar refractivity (Wildman–Crippen MR) is 73.8 cm³/mol. The number of rotatable bonds is 2. The van der Waals surface area contributed by atoms with Gasteiger partial charge in [0.15, 0.2) is 0 Å². The van der Waals surface area contributed by atoms with Gasteiger partial charge in [0.25, 0.3) is 0 Å². The number of fused-ring (bicyclic) bond motifs is 1. The van der Waals surface area contributed by atoms with Crippen molar-refractivity contribution >= 4 is 22.8 Å². The van der Waals surface area contributed by atoms with Crippen molar-refractivity contribution in [3.05, 3.63) is 60.2 Å². The van der Waals surface area contributed by atoms with Gasteiger partial charge in [-0.05, 0) is 30.7 Å². The van der Waals surface area contributed by atoms with Crippen molar-refractivity contribution in [1.82, 2.24) is 15.0 Å². The molecule has 0 atom stereocenters. The topological polar surface area (TPSA) is 30.7 Å². The fraction of sp³-hybridized carbons (Fsp3) is 0.0667. The van der Waals surface area contributed by atoms with Gasteiger partial charge in [0.2, 0.25) is 0 Å². The number of hydrogen-bond donors (Lipinski definition) is 0. The Balaban J connectivity index is 2.07. The Morgan fingerprint density at radius 2 is 1.72 bits per heavy atom. The molecule has 3 aromatic rings. The van der Waals surface area contributed by atoms with Crippen LogP contribution in [0.4, 0.5) is 0 Å². The highest BCUT2D eigenvalue weighted by Gasteiger charge is 2.04. The molecule has 0 saturated carbocycles. The van der Waals surface area contributed by atoms with Crippen molar-refractivity contribution in [2.45, 2.75) is 6.92 Å². The summed E-state index contributed by atoms with van der Waals surface area (Å²) in [5, 5.41) is 8.34. The van der Waals surface area contributed by atoms with E-state index in [4.69, 9.17) is 0 Å². The van der Waals surface area contributed by atoms with Crippen LogP contribution in [0.2, 0.25) is 0 Å². The molecule has 0 aliphatic carbocycles. The molecule has 0 aliphatic rings. The first-order chi connectivity index (χ1) is 8.84. The van der Waals surface area contributed by atoms with Gasteiger partial charge in [0.05, 0.1) is 5.52 Å². The number of hydrogen-bond acceptors (Lipinski definition) is 2. The zero-order chi connectivity index (χ0) is 12.4. The molecule has 18 heavy (non-hydrogen) atoms. The van der Waals surface area contributed by atoms with Crippen molar-refractivity contribution < 1.29 is 0 Å². The summed E-state index contributed by atoms with van der Waals surface area (Å²) in [5.41, 5.74) is 4.16. The Kier molecular flexibility index (Phi) is 2.65. The normalized spacial score (nSPS) is 11.9. The molecule has 3 rings (SSSR count). The van der Waals surface area contributed by atoms with Crippen LogP contribution in [0.1, 0.15) is 12.5 Å². The first-order valence-corrected chi connectivity index (χ1v) is 5.89. The smallest absolute Gasteiger partial charge is 0.113 e. The molecule has 0 aliphatic heterocycles. The van der Waals surface area contributed by atoms with Gasteiger partial charge < -0.3 is 0 Å². The Morgan fingerprint density at radius 1 is 1.00 bits per heavy atom. The van der Waals surface area contributed by atoms with Gasteiger partial charge in [-0.25, -0.2) is 4.68 Å². The highest BCUT2D eigenvalue weighted by Crippen LogP contribution is 2.16. The fourth-order valence-electron chi connectivity index (χ4n) is 1.98. The minimum Gasteiger partial charge on any atom is -0.217 e. The first kappa shape index (κ1) is 10.7. The van der Waals surface area contributed by atoms with Crippen LogP contribution in [0, 0.1) is 0 Å². The van der Waals surface area contributed by atoms with Crippen LogP contribution in [0.3, 0.4) is 0 Å². The minimum absolute atomic E-state index is 0.915. The Labute approximate surface area is 105 Å². The molecule has 3 heteroatoms. The molecule has 0 spiro atoms. The monoisotopic (exact) mass is 235 g/mol. The second-order valence-corrected chi connectivity index (χ2v) is 4.19. The van der Waals surface area contributed by atoms with E-state index in [1.807, 2.05) is 54.1 Å². The standard InChI is InChI=1S/C15H13N3/c1-12(11-13-7-3-2-4-8-13)18-15-10-6-5-9-14(15)16-17-18/h2-11H,1H3. The fourth-order valence-corrected chi connectivity index (χ4v) is 1.98. The van der Waals surface area contributed by atoms with Crippen LogP contribution in [-0.2, 0) is 0 Å². The molecule has 0 bridgehead atoms. The zero-order valence-corrected chi connectivity index (χ0v) is 10.1. The maximum absolute atomic E-state index is 4.19. The summed E-state index contributed by atoms with van der Waals surface area (Å²) in [6.45, 7) is 2.04. The highest BCUT2D eigenvalue weighted by atomic mass is 15.4. The van der Waals surface area contributed by atoms with Crippen molar-refractivity contribution in [2.24, 2.45) is 0 Å². The highest BCUT2D eigenvalue weighted by molar-refractivity contribution is 5.81. The van der Waals surface area contributed by atoms with E-state index in [0.29, 0.717) is 0 Å². The number of allylic oxidation sites excluding steroid dienone is 1. The third-order valence-electron chi connectivity index (χ3n) is 2.86. The van der Waals surface area contributed by atoms with E-state index in [0.717, 1.165) is 22.3 Å². The Morgan fingerprint density at radius 3 is 2.56 bits per heavy atom. The Bertz CT molecular complexity index is 696. The molecule has 0 amide bonds. The molecule has 3 nitrogen and oxygen atoms in total. The van der Waals surface area contributed by atoms with Crippen molar-refractivity contribution in [3.63, 3.8) is 0 Å². The van der Waals surface area contributed by atoms with E-state index in [1.54, 1.807) is 0 Å². The third kappa shape index (κ3) is 1.91. The molecule has 1 aromatic heterocycles. The van der Waals surface area contributed by atoms with Crippen LogP contribution < -0.4 is 0 Å². The summed E-state index contributed by atoms with van der Waals surface area (Å²) in [6.07, 6.45) is 2.10. The molecule has 2 aromatic carbocycles. The van der Waals surface area contributed by atoms with Gasteiger partial charge in [0.1, 0.15) is 5.52 Å². The average Bonchev–Trinajstić information content (AvgIpc) is 2.84. The van der Waals surface area contributed by atoms with Crippen LogP contribution >= 0.6 is 0 Å². The van der Waals surface area contributed by atoms with E-state index in [2.05, 4.69) is 28.5 Å². The Hall–Kier alpha value is -2.42. The number of nitrogens with zero attached hydrogens (tertiary/aromatic N) is 3. The SMILES string of the molecule is CC(=Cc1ccccc1)n1nnc2ccccc21. The molecular weight excluding hydrogens is 222 g/mol. The zero-order valence-electron chi connectivity index (χ0n) is 10.1. The van der Waals surface area contributed by atoms with Gasteiger partial charge in [-0.2, -0.15) is 0 Å². The third-order valence-corrected chi connectivity index (χ3v) is 2.86. The lowest BCUT2D eigenvalue weighted by molar-refractivity contribution is 0.838. The quantitative estimate of drug-likeness (QED) is 0.681. The lowest BCUT2D eigenvalue weighted by Gasteiger charge is -2.02. The molecule has 0 fully saturated rings. The molecule has 0 N–H and O–H groups in total. The summed E-state index contributed by atoms with van der Waals surface area (Å²) in [6, 6.07) is 18.2. The van der Waals surface area contributed by atoms with Crippen LogP contribution in [0.5, 0.6) is 0 Å². The number of para-hydroxylation sites is 1. The van der Waals surface area contributed by atoms with Crippen LogP contribution in [0.15, 0.2) is 54.6 Å². The molecule has 0 unspecified atom stereocenters. The van der Waals surface area contributed by atoms with E-state index in [-0.39, 0.29) is 0 Å². The summed E-state index contributed by atoms with van der Waals surface area (Å²) in [4.78, 5) is 0. The largest absolute Gasteiger partial charge is 0.217 e. The molecule has 0 saturated heterocycles. The number of aromatic nitrogens is 3. The van der Waals surface area contributed by atoms with E-state index in [1.165, 1.54) is 0 Å². The molecule has 1 heterocycles. The van der Waals surface area contributed by atoms with Gasteiger partial charge in [-0.15, -0.1) is 5.10 Å². The summed E-state index contributed by atoms with van der Waals surface area (Å²) in [7, 11) is 0. The number of benzene rings is 2. The van der Waals surface area contributed by atoms with Gasteiger partial charge in [0, 0.05) is 5.70 Å². The maximum Gasteiger partial charge on any atom is 0.113 e. The van der Waals surface area contributed by atoms with E-state index >= 15 is 0 Å². The molecular formula is C15H13N3. The van der Waals surface area contributed by atoms with Crippen molar-refractivity contribution in [2.75, 3.05) is 0 Å². The summed E-state index contributed by atoms with van der Waals surface area (Å²) in [5.74, 6) is 0. The van der Waals surface area contributed by atoms with Crippen LogP contribution in [-0.4, -0.2) is 15.0 Å². The summed E-state index contributed by atoms with van der Waals surface area (Å²) >= 11 is 0. The minimum atomic E-state index is 0.915. The van der Waals surface area contributed by atoms with Gasteiger partial charge in [-0.1, -0.05) is 47.7 Å². The first-order valence-electron chi connectivity index (χ1n) is 5.89. The maximum atomic E-state index is 4.19. The van der Waals surface area contributed by atoms with E-state index < -0.39 is 0 Å². The average molecular weight is 235 g/mol. The van der Waals surface area contributed by atoms with Crippen LogP contribution in [0.25, 0.3) is 22.8 Å². The van der Waals surface area contributed by atoms with Crippen molar-refractivity contribution in [1.29, 1.82) is 0 Å². The lowest BCUT2D eigenvalue weighted by atomic mass is 10.2. The summed E-state index contributed by atoms with van der Waals surface area (Å²) < 4.78 is 1.86. The second kappa shape index (κ2) is 4.45.